The molecule has 2 nitrogen and oxygen atoms in total. The van der Waals surface area contributed by atoms with E-state index in [1.807, 2.05) is 12.1 Å². The van der Waals surface area contributed by atoms with E-state index in [2.05, 4.69) is 12.1 Å². The number of hydrogen-bond acceptors (Lipinski definition) is 2. The zero-order valence-corrected chi connectivity index (χ0v) is 7.61. The molecule has 1 aromatic carbocycles. The van der Waals surface area contributed by atoms with Crippen LogP contribution in [0.3, 0.4) is 0 Å². The minimum absolute atomic E-state index is 0.0166. The molecule has 1 atom stereocenters. The highest BCUT2D eigenvalue weighted by molar-refractivity contribution is 5.29. The number of aliphatic hydroxyl groups excluding tert-OH is 1. The fourth-order valence-electron chi connectivity index (χ4n) is 1.54. The molecule has 3 N–H and O–H groups in total. The van der Waals surface area contributed by atoms with E-state index in [1.54, 1.807) is 0 Å². The Bertz CT molecular complexity index is 277. The van der Waals surface area contributed by atoms with Crippen LogP contribution < -0.4 is 5.73 Å². The topological polar surface area (TPSA) is 46.2 Å². The number of aliphatic hydroxyl groups is 1. The summed E-state index contributed by atoms with van der Waals surface area (Å²) >= 11 is 0. The normalized spacial score (nSPS) is 18.6. The molecular formula is C11H15NO. The van der Waals surface area contributed by atoms with Gasteiger partial charge in [0.15, 0.2) is 0 Å². The summed E-state index contributed by atoms with van der Waals surface area (Å²) in [5.74, 6) is 0.791. The smallest absolute Gasteiger partial charge is 0.0624 e. The maximum Gasteiger partial charge on any atom is 0.0624 e. The molecule has 0 aromatic heterocycles. The highest BCUT2D eigenvalue weighted by atomic mass is 16.3. The Morgan fingerprint density at radius 2 is 1.92 bits per heavy atom. The lowest BCUT2D eigenvalue weighted by atomic mass is 10.0. The molecule has 1 aliphatic rings. The molecule has 2 rings (SSSR count). The zero-order valence-electron chi connectivity index (χ0n) is 7.61. The van der Waals surface area contributed by atoms with E-state index in [4.69, 9.17) is 10.8 Å². The van der Waals surface area contributed by atoms with Crippen LogP contribution in [0.2, 0.25) is 0 Å². The SMILES string of the molecule is N[C@@H](CO)c1ccc(C2CC2)cc1. The van der Waals surface area contributed by atoms with Crippen molar-refractivity contribution in [1.82, 2.24) is 0 Å². The minimum Gasteiger partial charge on any atom is -0.394 e. The minimum atomic E-state index is -0.228. The first-order valence-corrected chi connectivity index (χ1v) is 4.77. The molecule has 0 radical (unpaired) electrons. The molecule has 0 spiro atoms. The summed E-state index contributed by atoms with van der Waals surface area (Å²) in [5, 5.41) is 8.85. The lowest BCUT2D eigenvalue weighted by molar-refractivity contribution is 0.268. The van der Waals surface area contributed by atoms with Crippen molar-refractivity contribution in [3.63, 3.8) is 0 Å². The monoisotopic (exact) mass is 177 g/mol. The molecule has 1 aromatic rings. The van der Waals surface area contributed by atoms with Crippen LogP contribution in [0, 0.1) is 0 Å². The molecule has 0 unspecified atom stereocenters. The second-order valence-corrected chi connectivity index (χ2v) is 3.73. The predicted molar refractivity (Wildman–Crippen MR) is 52.4 cm³/mol. The Balaban J connectivity index is 2.12. The molecule has 2 heteroatoms. The van der Waals surface area contributed by atoms with E-state index >= 15 is 0 Å². The van der Waals surface area contributed by atoms with Gasteiger partial charge in [0.05, 0.1) is 12.6 Å². The molecular weight excluding hydrogens is 162 g/mol. The fourth-order valence-corrected chi connectivity index (χ4v) is 1.54. The van der Waals surface area contributed by atoms with E-state index in [0.717, 1.165) is 11.5 Å². The summed E-state index contributed by atoms with van der Waals surface area (Å²) in [5.41, 5.74) is 8.12. The van der Waals surface area contributed by atoms with Gasteiger partial charge in [0.1, 0.15) is 0 Å². The maximum atomic E-state index is 8.85. The lowest BCUT2D eigenvalue weighted by Crippen LogP contribution is -2.14. The number of nitrogens with two attached hydrogens (primary N) is 1. The summed E-state index contributed by atoms with van der Waals surface area (Å²) < 4.78 is 0. The predicted octanol–water partition coefficient (Wildman–Crippen LogP) is 1.56. The largest absolute Gasteiger partial charge is 0.394 e. The van der Waals surface area contributed by atoms with Gasteiger partial charge < -0.3 is 10.8 Å². The van der Waals surface area contributed by atoms with E-state index in [-0.39, 0.29) is 12.6 Å². The first-order valence-electron chi connectivity index (χ1n) is 4.77. The van der Waals surface area contributed by atoms with Crippen LogP contribution in [0.5, 0.6) is 0 Å². The number of benzene rings is 1. The second-order valence-electron chi connectivity index (χ2n) is 3.73. The van der Waals surface area contributed by atoms with Gasteiger partial charge in [-0.05, 0) is 29.9 Å². The van der Waals surface area contributed by atoms with Crippen LogP contribution in [0.15, 0.2) is 24.3 Å². The van der Waals surface area contributed by atoms with Crippen LogP contribution in [0.4, 0.5) is 0 Å². The van der Waals surface area contributed by atoms with Gasteiger partial charge >= 0.3 is 0 Å². The second kappa shape index (κ2) is 3.48. The van der Waals surface area contributed by atoms with Crippen molar-refractivity contribution in [2.75, 3.05) is 6.61 Å². The highest BCUT2D eigenvalue weighted by Crippen LogP contribution is 2.40. The van der Waals surface area contributed by atoms with Gasteiger partial charge in [-0.25, -0.2) is 0 Å². The van der Waals surface area contributed by atoms with E-state index in [9.17, 15) is 0 Å². The van der Waals surface area contributed by atoms with Crippen LogP contribution in [0.1, 0.15) is 35.9 Å². The van der Waals surface area contributed by atoms with Crippen molar-refractivity contribution in [1.29, 1.82) is 0 Å². The average Bonchev–Trinajstić information content (AvgIpc) is 3.00. The van der Waals surface area contributed by atoms with Crippen LogP contribution in [0.25, 0.3) is 0 Å². The lowest BCUT2D eigenvalue weighted by Gasteiger charge is -2.08. The summed E-state index contributed by atoms with van der Waals surface area (Å²) in [7, 11) is 0. The van der Waals surface area contributed by atoms with Crippen LogP contribution in [-0.2, 0) is 0 Å². The van der Waals surface area contributed by atoms with Crippen molar-refractivity contribution in [3.05, 3.63) is 35.4 Å². The van der Waals surface area contributed by atoms with E-state index < -0.39 is 0 Å². The Kier molecular flexibility index (Phi) is 2.34. The van der Waals surface area contributed by atoms with Gasteiger partial charge in [-0.3, -0.25) is 0 Å². The highest BCUT2D eigenvalue weighted by Gasteiger charge is 2.23. The van der Waals surface area contributed by atoms with Crippen LogP contribution >= 0.6 is 0 Å². The number of hydrogen-bond donors (Lipinski definition) is 2. The van der Waals surface area contributed by atoms with Gasteiger partial charge in [0, 0.05) is 0 Å². The molecule has 0 bridgehead atoms. The Labute approximate surface area is 78.4 Å². The number of rotatable bonds is 3. The molecule has 0 amide bonds. The third kappa shape index (κ3) is 1.90. The third-order valence-corrected chi connectivity index (χ3v) is 2.61. The molecule has 0 heterocycles. The first-order chi connectivity index (χ1) is 6.31. The molecule has 1 aliphatic carbocycles. The van der Waals surface area contributed by atoms with Gasteiger partial charge in [-0.15, -0.1) is 0 Å². The third-order valence-electron chi connectivity index (χ3n) is 2.61. The van der Waals surface area contributed by atoms with Crippen molar-refractivity contribution < 1.29 is 5.11 Å². The van der Waals surface area contributed by atoms with Crippen molar-refractivity contribution in [2.24, 2.45) is 5.73 Å². The molecule has 0 saturated heterocycles. The Morgan fingerprint density at radius 3 is 2.38 bits per heavy atom. The van der Waals surface area contributed by atoms with Crippen molar-refractivity contribution in [3.8, 4) is 0 Å². The average molecular weight is 177 g/mol. The molecule has 1 saturated carbocycles. The quantitative estimate of drug-likeness (QED) is 0.736. The summed E-state index contributed by atoms with van der Waals surface area (Å²) in [6, 6.07) is 8.07. The van der Waals surface area contributed by atoms with E-state index in [1.165, 1.54) is 18.4 Å². The van der Waals surface area contributed by atoms with Crippen molar-refractivity contribution >= 4 is 0 Å². The van der Waals surface area contributed by atoms with Gasteiger partial charge in [0.2, 0.25) is 0 Å². The Hall–Kier alpha value is -0.860. The Morgan fingerprint density at radius 1 is 1.31 bits per heavy atom. The zero-order chi connectivity index (χ0) is 9.26. The first kappa shape index (κ1) is 8.73. The van der Waals surface area contributed by atoms with Crippen molar-refractivity contribution in [2.45, 2.75) is 24.8 Å². The fraction of sp³-hybridized carbons (Fsp3) is 0.455. The molecule has 0 aliphatic heterocycles. The molecule has 13 heavy (non-hydrogen) atoms. The van der Waals surface area contributed by atoms with E-state index in [0.29, 0.717) is 0 Å². The standard InChI is InChI=1S/C11H15NO/c12-11(7-13)10-5-3-9(4-6-10)8-1-2-8/h3-6,8,11,13H,1-2,7,12H2/t11-/m0/s1. The van der Waals surface area contributed by atoms with Crippen LogP contribution in [-0.4, -0.2) is 11.7 Å². The summed E-state index contributed by atoms with van der Waals surface area (Å²) in [6.45, 7) is 0.0166. The molecule has 70 valence electrons. The maximum absolute atomic E-state index is 8.85. The molecule has 1 fully saturated rings. The summed E-state index contributed by atoms with van der Waals surface area (Å²) in [4.78, 5) is 0. The van der Waals surface area contributed by atoms with Gasteiger partial charge in [-0.1, -0.05) is 24.3 Å². The van der Waals surface area contributed by atoms with Gasteiger partial charge in [0.25, 0.3) is 0 Å². The summed E-state index contributed by atoms with van der Waals surface area (Å²) in [6.07, 6.45) is 2.65. The van der Waals surface area contributed by atoms with Gasteiger partial charge in [-0.2, -0.15) is 0 Å².